The molecule has 2 rings (SSSR count). The van der Waals surface area contributed by atoms with Gasteiger partial charge in [0.2, 0.25) is 0 Å². The fourth-order valence-corrected chi connectivity index (χ4v) is 2.68. The highest BCUT2D eigenvalue weighted by Crippen LogP contribution is 2.30. The summed E-state index contributed by atoms with van der Waals surface area (Å²) in [6.07, 6.45) is -4.86. The van der Waals surface area contributed by atoms with Gasteiger partial charge in [0.05, 0.1) is 6.42 Å². The average molecular weight is 272 g/mol. The van der Waals surface area contributed by atoms with E-state index in [0.29, 0.717) is 13.1 Å². The molecule has 2 nitrogen and oxygen atoms in total. The molecule has 1 aliphatic heterocycles. The molecule has 0 bridgehead atoms. The zero-order valence-corrected chi connectivity index (χ0v) is 11.0. The first-order chi connectivity index (χ1) is 8.97. The lowest BCUT2D eigenvalue weighted by atomic mass is 10.0. The van der Waals surface area contributed by atoms with Gasteiger partial charge < -0.3 is 5.32 Å². The number of nitrogens with zero attached hydrogens (tertiary/aromatic N) is 1. The van der Waals surface area contributed by atoms with Crippen LogP contribution in [0.5, 0.6) is 0 Å². The minimum atomic E-state index is -4.11. The number of piperazine rings is 1. The Bertz CT molecular complexity index is 391. The van der Waals surface area contributed by atoms with Gasteiger partial charge >= 0.3 is 6.18 Å². The molecule has 106 valence electrons. The smallest absolute Gasteiger partial charge is 0.314 e. The van der Waals surface area contributed by atoms with Crippen molar-refractivity contribution in [2.45, 2.75) is 31.6 Å². The van der Waals surface area contributed by atoms with E-state index < -0.39 is 18.6 Å². The van der Waals surface area contributed by atoms with Gasteiger partial charge in [0.15, 0.2) is 0 Å². The van der Waals surface area contributed by atoms with Gasteiger partial charge in [-0.15, -0.1) is 0 Å². The zero-order valence-electron chi connectivity index (χ0n) is 11.0. The second-order valence-corrected chi connectivity index (χ2v) is 5.04. The molecule has 1 saturated heterocycles. The van der Waals surface area contributed by atoms with E-state index in [4.69, 9.17) is 0 Å². The van der Waals surface area contributed by atoms with E-state index in [1.807, 2.05) is 35.2 Å². The Morgan fingerprint density at radius 3 is 2.63 bits per heavy atom. The number of hydrogen-bond acceptors (Lipinski definition) is 2. The molecular formula is C14H19F3N2. The normalized spacial score (nSPS) is 23.3. The van der Waals surface area contributed by atoms with E-state index in [0.717, 1.165) is 12.1 Å². The maximum Gasteiger partial charge on any atom is 0.390 e. The maximum atomic E-state index is 12.5. The van der Waals surface area contributed by atoms with Crippen LogP contribution in [-0.4, -0.2) is 36.8 Å². The summed E-state index contributed by atoms with van der Waals surface area (Å²) in [6, 6.07) is 9.26. The minimum absolute atomic E-state index is 0.0206. The standard InChI is InChI=1S/C14H19F3N2/c1-11(9-14(15,16)17)19-8-7-18-10-13(19)12-5-3-2-4-6-12/h2-6,11,13,18H,7-10H2,1H3. The van der Waals surface area contributed by atoms with Crippen LogP contribution in [0.2, 0.25) is 0 Å². The molecule has 1 aliphatic rings. The van der Waals surface area contributed by atoms with E-state index in [9.17, 15) is 13.2 Å². The molecule has 1 heterocycles. The Balaban J connectivity index is 2.12. The van der Waals surface area contributed by atoms with Crippen molar-refractivity contribution in [3.8, 4) is 0 Å². The van der Waals surface area contributed by atoms with Crippen molar-refractivity contribution in [1.82, 2.24) is 10.2 Å². The van der Waals surface area contributed by atoms with Gasteiger partial charge in [-0.05, 0) is 12.5 Å². The molecule has 0 amide bonds. The topological polar surface area (TPSA) is 15.3 Å². The molecule has 0 aliphatic carbocycles. The molecule has 1 N–H and O–H groups in total. The number of hydrogen-bond donors (Lipinski definition) is 1. The van der Waals surface area contributed by atoms with Crippen molar-refractivity contribution in [3.63, 3.8) is 0 Å². The van der Waals surface area contributed by atoms with E-state index >= 15 is 0 Å². The summed E-state index contributed by atoms with van der Waals surface area (Å²) in [5, 5.41) is 3.26. The van der Waals surface area contributed by atoms with Crippen molar-refractivity contribution in [1.29, 1.82) is 0 Å². The molecule has 1 aromatic rings. The van der Waals surface area contributed by atoms with Crippen molar-refractivity contribution in [2.75, 3.05) is 19.6 Å². The SMILES string of the molecule is CC(CC(F)(F)F)N1CCNCC1c1ccccc1. The van der Waals surface area contributed by atoms with Crippen LogP contribution in [0.15, 0.2) is 30.3 Å². The monoisotopic (exact) mass is 272 g/mol. The first-order valence-corrected chi connectivity index (χ1v) is 6.55. The van der Waals surface area contributed by atoms with Crippen LogP contribution in [-0.2, 0) is 0 Å². The molecule has 0 spiro atoms. The highest BCUT2D eigenvalue weighted by Gasteiger charge is 2.35. The van der Waals surface area contributed by atoms with Crippen molar-refractivity contribution in [3.05, 3.63) is 35.9 Å². The van der Waals surface area contributed by atoms with E-state index in [-0.39, 0.29) is 6.04 Å². The summed E-state index contributed by atoms with van der Waals surface area (Å²) in [4.78, 5) is 1.96. The highest BCUT2D eigenvalue weighted by atomic mass is 19.4. The average Bonchev–Trinajstić information content (AvgIpc) is 2.38. The first kappa shape index (κ1) is 14.3. The largest absolute Gasteiger partial charge is 0.390 e. The fraction of sp³-hybridized carbons (Fsp3) is 0.571. The number of alkyl halides is 3. The van der Waals surface area contributed by atoms with Gasteiger partial charge in [0.25, 0.3) is 0 Å². The second-order valence-electron chi connectivity index (χ2n) is 5.04. The van der Waals surface area contributed by atoms with Gasteiger partial charge in [0, 0.05) is 31.7 Å². The predicted molar refractivity (Wildman–Crippen MR) is 68.9 cm³/mol. The Kier molecular flexibility index (Phi) is 4.47. The number of halogens is 3. The number of rotatable bonds is 3. The molecule has 0 aromatic heterocycles. The summed E-state index contributed by atoms with van der Waals surface area (Å²) in [5.41, 5.74) is 1.07. The van der Waals surface area contributed by atoms with E-state index in [2.05, 4.69) is 5.32 Å². The van der Waals surface area contributed by atoms with Crippen LogP contribution >= 0.6 is 0 Å². The Labute approximate surface area is 111 Å². The van der Waals surface area contributed by atoms with Crippen molar-refractivity contribution >= 4 is 0 Å². The van der Waals surface area contributed by atoms with E-state index in [1.165, 1.54) is 0 Å². The summed E-state index contributed by atoms with van der Waals surface area (Å²) >= 11 is 0. The van der Waals surface area contributed by atoms with Gasteiger partial charge in [-0.1, -0.05) is 30.3 Å². The quantitative estimate of drug-likeness (QED) is 0.910. The molecular weight excluding hydrogens is 253 g/mol. The third kappa shape index (κ3) is 3.94. The van der Waals surface area contributed by atoms with Crippen molar-refractivity contribution < 1.29 is 13.2 Å². The number of benzene rings is 1. The highest BCUT2D eigenvalue weighted by molar-refractivity contribution is 5.20. The Morgan fingerprint density at radius 1 is 1.32 bits per heavy atom. The molecule has 2 atom stereocenters. The van der Waals surface area contributed by atoms with Gasteiger partial charge in [0.1, 0.15) is 0 Å². The summed E-state index contributed by atoms with van der Waals surface area (Å²) in [5.74, 6) is 0. The van der Waals surface area contributed by atoms with Crippen LogP contribution < -0.4 is 5.32 Å². The molecule has 19 heavy (non-hydrogen) atoms. The fourth-order valence-electron chi connectivity index (χ4n) is 2.68. The minimum Gasteiger partial charge on any atom is -0.314 e. The third-order valence-electron chi connectivity index (χ3n) is 3.56. The van der Waals surface area contributed by atoms with Gasteiger partial charge in [-0.25, -0.2) is 0 Å². The molecule has 1 fully saturated rings. The molecule has 2 unspecified atom stereocenters. The van der Waals surface area contributed by atoms with Crippen LogP contribution in [0, 0.1) is 0 Å². The zero-order chi connectivity index (χ0) is 13.9. The van der Waals surface area contributed by atoms with Crippen LogP contribution in [0.25, 0.3) is 0 Å². The summed E-state index contributed by atoms with van der Waals surface area (Å²) in [7, 11) is 0. The molecule has 0 saturated carbocycles. The van der Waals surface area contributed by atoms with Crippen LogP contribution in [0.4, 0.5) is 13.2 Å². The van der Waals surface area contributed by atoms with Crippen molar-refractivity contribution in [2.24, 2.45) is 0 Å². The molecule has 5 heteroatoms. The summed E-state index contributed by atoms with van der Waals surface area (Å²) < 4.78 is 37.6. The lowest BCUT2D eigenvalue weighted by molar-refractivity contribution is -0.148. The second kappa shape index (κ2) is 5.92. The third-order valence-corrected chi connectivity index (χ3v) is 3.56. The lowest BCUT2D eigenvalue weighted by Crippen LogP contribution is -2.50. The van der Waals surface area contributed by atoms with Crippen LogP contribution in [0.3, 0.4) is 0 Å². The van der Waals surface area contributed by atoms with E-state index in [1.54, 1.807) is 6.92 Å². The Hall–Kier alpha value is -1.07. The predicted octanol–water partition coefficient (Wildman–Crippen LogP) is 2.97. The summed E-state index contributed by atoms with van der Waals surface area (Å²) in [6.45, 7) is 3.75. The van der Waals surface area contributed by atoms with Gasteiger partial charge in [-0.3, -0.25) is 4.90 Å². The van der Waals surface area contributed by atoms with Gasteiger partial charge in [-0.2, -0.15) is 13.2 Å². The molecule has 1 aromatic carbocycles. The Morgan fingerprint density at radius 2 is 2.00 bits per heavy atom. The first-order valence-electron chi connectivity index (χ1n) is 6.55. The van der Waals surface area contributed by atoms with Crippen LogP contribution in [0.1, 0.15) is 24.9 Å². The number of nitrogens with one attached hydrogen (secondary N) is 1. The maximum absolute atomic E-state index is 12.5. The lowest BCUT2D eigenvalue weighted by Gasteiger charge is -2.40. The molecule has 0 radical (unpaired) electrons.